The molecule has 7 nitrogen and oxygen atoms in total. The van der Waals surface area contributed by atoms with Crippen LogP contribution in [0.15, 0.2) is 42.5 Å². The Labute approximate surface area is 225 Å². The minimum Gasteiger partial charge on any atom is -0.369 e. The van der Waals surface area contributed by atoms with E-state index in [0.29, 0.717) is 44.7 Å². The van der Waals surface area contributed by atoms with Gasteiger partial charge < -0.3 is 16.0 Å². The van der Waals surface area contributed by atoms with Gasteiger partial charge in [0.05, 0.1) is 17.3 Å². The molecule has 1 heterocycles. The van der Waals surface area contributed by atoms with Gasteiger partial charge in [-0.3, -0.25) is 14.5 Å². The zero-order chi connectivity index (χ0) is 27.9. The van der Waals surface area contributed by atoms with E-state index in [2.05, 4.69) is 24.1 Å². The van der Waals surface area contributed by atoms with Crippen LogP contribution in [0.25, 0.3) is 0 Å². The number of nitrogens with zero attached hydrogens (tertiary/aromatic N) is 3. The van der Waals surface area contributed by atoms with Crippen molar-refractivity contribution in [3.63, 3.8) is 0 Å². The summed E-state index contributed by atoms with van der Waals surface area (Å²) in [6.07, 6.45) is 2.81. The molecular weight excluding hydrogens is 481 g/mol. The lowest BCUT2D eigenvalue weighted by Crippen LogP contribution is -2.61. The van der Waals surface area contributed by atoms with Crippen LogP contribution in [0.1, 0.15) is 70.4 Å². The van der Waals surface area contributed by atoms with E-state index in [1.54, 1.807) is 12.1 Å². The Morgan fingerprint density at radius 3 is 2.13 bits per heavy atom. The highest BCUT2D eigenvalue weighted by atomic mass is 19.1. The number of nitrogens with two attached hydrogens (primary N) is 1. The van der Waals surface area contributed by atoms with Crippen molar-refractivity contribution in [3.8, 4) is 6.07 Å². The summed E-state index contributed by atoms with van der Waals surface area (Å²) in [5, 5.41) is 12.5. The average molecular weight is 522 g/mol. The fourth-order valence-corrected chi connectivity index (χ4v) is 5.99. The molecule has 0 spiro atoms. The maximum atomic E-state index is 15.4. The highest BCUT2D eigenvalue weighted by Gasteiger charge is 2.45. The van der Waals surface area contributed by atoms with Gasteiger partial charge in [0.15, 0.2) is 5.82 Å². The molecule has 204 valence electrons. The summed E-state index contributed by atoms with van der Waals surface area (Å²) in [5.41, 5.74) is 6.91. The maximum absolute atomic E-state index is 15.4. The van der Waals surface area contributed by atoms with Crippen LogP contribution in [0, 0.1) is 23.1 Å². The van der Waals surface area contributed by atoms with E-state index in [1.807, 2.05) is 55.1 Å². The molecule has 0 saturated carbocycles. The third-order valence-corrected chi connectivity index (χ3v) is 8.28. The molecule has 2 aromatic rings. The average Bonchev–Trinajstić information content (AvgIpc) is 2.93. The molecule has 1 saturated heterocycles. The smallest absolute Gasteiger partial charge is 0.227 e. The standard InChI is InChI=1S/C30H40FN5O2/c1-5-21(6-2)29(38)34-24-14-15-25(23(20-32)27(24)31)35-16-18-36(19-17-35)30(7-3,8-4)26(28(33)37)22-12-10-9-11-13-22/h9-15,21,26H,5-8,16-19H2,1-4H3,(H2,33,37)(H,34,38). The Morgan fingerprint density at radius 1 is 1.03 bits per heavy atom. The summed E-state index contributed by atoms with van der Waals surface area (Å²) in [4.78, 5) is 29.6. The first-order chi connectivity index (χ1) is 18.3. The molecule has 38 heavy (non-hydrogen) atoms. The van der Waals surface area contributed by atoms with Gasteiger partial charge in [-0.2, -0.15) is 5.26 Å². The second-order valence-corrected chi connectivity index (χ2v) is 9.97. The number of nitriles is 1. The molecule has 0 aliphatic carbocycles. The van der Waals surface area contributed by atoms with Crippen LogP contribution in [0.2, 0.25) is 0 Å². The number of hydrogen-bond donors (Lipinski definition) is 2. The summed E-state index contributed by atoms with van der Waals surface area (Å²) in [6, 6.07) is 14.9. The first-order valence-electron chi connectivity index (χ1n) is 13.6. The maximum Gasteiger partial charge on any atom is 0.227 e. The molecule has 2 aromatic carbocycles. The molecule has 2 amide bonds. The number of rotatable bonds is 11. The SMILES string of the molecule is CCC(CC)C(=O)Nc1ccc(N2CCN(C(CC)(CC)C(C(N)=O)c3ccccc3)CC2)c(C#N)c1F. The third-order valence-electron chi connectivity index (χ3n) is 8.28. The van der Waals surface area contributed by atoms with Crippen LogP contribution in [-0.4, -0.2) is 48.4 Å². The van der Waals surface area contributed by atoms with E-state index in [-0.39, 0.29) is 29.0 Å². The number of halogens is 1. The van der Waals surface area contributed by atoms with Crippen LogP contribution in [0.5, 0.6) is 0 Å². The fraction of sp³-hybridized carbons (Fsp3) is 0.500. The zero-order valence-corrected chi connectivity index (χ0v) is 23.0. The molecule has 1 atom stereocenters. The quantitative estimate of drug-likeness (QED) is 0.432. The van der Waals surface area contributed by atoms with Gasteiger partial charge in [-0.05, 0) is 43.4 Å². The molecule has 1 aliphatic heterocycles. The number of carbonyl (C=O) groups excluding carboxylic acids is 2. The number of piperazine rings is 1. The number of amides is 2. The van der Waals surface area contributed by atoms with Crippen molar-refractivity contribution in [2.24, 2.45) is 11.7 Å². The third kappa shape index (κ3) is 5.68. The van der Waals surface area contributed by atoms with Crippen LogP contribution in [-0.2, 0) is 9.59 Å². The highest BCUT2D eigenvalue weighted by molar-refractivity contribution is 5.93. The molecule has 1 unspecified atom stereocenters. The van der Waals surface area contributed by atoms with E-state index in [0.717, 1.165) is 18.4 Å². The van der Waals surface area contributed by atoms with Crippen molar-refractivity contribution < 1.29 is 14.0 Å². The van der Waals surface area contributed by atoms with Crippen LogP contribution in [0.3, 0.4) is 0 Å². The van der Waals surface area contributed by atoms with Gasteiger partial charge in [-0.1, -0.05) is 58.0 Å². The molecule has 8 heteroatoms. The predicted octanol–water partition coefficient (Wildman–Crippen LogP) is 5.02. The number of anilines is 2. The Kier molecular flexibility index (Phi) is 9.87. The number of benzene rings is 2. The molecule has 0 aromatic heterocycles. The predicted molar refractivity (Wildman–Crippen MR) is 149 cm³/mol. The lowest BCUT2D eigenvalue weighted by atomic mass is 9.73. The first-order valence-corrected chi connectivity index (χ1v) is 13.6. The Hall–Kier alpha value is -3.44. The summed E-state index contributed by atoms with van der Waals surface area (Å²) in [5.74, 6) is -1.96. The monoisotopic (exact) mass is 521 g/mol. The second-order valence-electron chi connectivity index (χ2n) is 9.97. The highest BCUT2D eigenvalue weighted by Crippen LogP contribution is 2.40. The summed E-state index contributed by atoms with van der Waals surface area (Å²) >= 11 is 0. The van der Waals surface area contributed by atoms with Crippen LogP contribution < -0.4 is 16.0 Å². The van der Waals surface area contributed by atoms with Gasteiger partial charge in [0.25, 0.3) is 0 Å². The number of nitrogens with one attached hydrogen (secondary N) is 1. The number of hydrogen-bond acceptors (Lipinski definition) is 5. The lowest BCUT2D eigenvalue weighted by molar-refractivity contribution is -0.124. The molecule has 0 radical (unpaired) electrons. The van der Waals surface area contributed by atoms with Crippen molar-refractivity contribution in [1.29, 1.82) is 5.26 Å². The first kappa shape index (κ1) is 29.1. The van der Waals surface area contributed by atoms with Gasteiger partial charge in [0.2, 0.25) is 11.8 Å². The number of primary amides is 1. The van der Waals surface area contributed by atoms with Gasteiger partial charge in [0, 0.05) is 37.6 Å². The van der Waals surface area contributed by atoms with Crippen molar-refractivity contribution in [2.75, 3.05) is 36.4 Å². The largest absolute Gasteiger partial charge is 0.369 e. The normalized spacial score (nSPS) is 15.2. The van der Waals surface area contributed by atoms with E-state index < -0.39 is 17.3 Å². The Bertz CT molecular complexity index is 1150. The number of carbonyl (C=O) groups is 2. The van der Waals surface area contributed by atoms with Gasteiger partial charge in [-0.15, -0.1) is 0 Å². The molecule has 1 aliphatic rings. The minimum atomic E-state index is -0.707. The molecular formula is C30H40FN5O2. The lowest BCUT2D eigenvalue weighted by Gasteiger charge is -2.51. The van der Waals surface area contributed by atoms with E-state index in [4.69, 9.17) is 5.73 Å². The molecule has 3 N–H and O–H groups in total. The molecule has 1 fully saturated rings. The summed E-state index contributed by atoms with van der Waals surface area (Å²) in [6.45, 7) is 10.4. The molecule has 3 rings (SSSR count). The Balaban J connectivity index is 1.84. The van der Waals surface area contributed by atoms with Crippen LogP contribution >= 0.6 is 0 Å². The van der Waals surface area contributed by atoms with Crippen molar-refractivity contribution in [1.82, 2.24) is 4.90 Å². The van der Waals surface area contributed by atoms with Gasteiger partial charge in [0.1, 0.15) is 11.6 Å². The van der Waals surface area contributed by atoms with E-state index in [9.17, 15) is 14.9 Å². The fourth-order valence-electron chi connectivity index (χ4n) is 5.99. The van der Waals surface area contributed by atoms with Crippen molar-refractivity contribution in [3.05, 3.63) is 59.4 Å². The van der Waals surface area contributed by atoms with E-state index >= 15 is 4.39 Å². The van der Waals surface area contributed by atoms with E-state index in [1.165, 1.54) is 0 Å². The van der Waals surface area contributed by atoms with Gasteiger partial charge >= 0.3 is 0 Å². The van der Waals surface area contributed by atoms with Crippen molar-refractivity contribution >= 4 is 23.2 Å². The summed E-state index contributed by atoms with van der Waals surface area (Å²) < 4.78 is 15.4. The van der Waals surface area contributed by atoms with Crippen molar-refractivity contribution in [2.45, 2.75) is 64.8 Å². The Morgan fingerprint density at radius 2 is 1.63 bits per heavy atom. The van der Waals surface area contributed by atoms with Gasteiger partial charge in [-0.25, -0.2) is 4.39 Å². The molecule has 0 bridgehead atoms. The second kappa shape index (κ2) is 12.9. The topological polar surface area (TPSA) is 102 Å². The zero-order valence-electron chi connectivity index (χ0n) is 23.0. The minimum absolute atomic E-state index is 0.0315. The van der Waals surface area contributed by atoms with Crippen LogP contribution in [0.4, 0.5) is 15.8 Å². The summed E-state index contributed by atoms with van der Waals surface area (Å²) in [7, 11) is 0.